The zero-order valence-electron chi connectivity index (χ0n) is 13.7. The molecule has 8 nitrogen and oxygen atoms in total. The monoisotopic (exact) mass is 397 g/mol. The van der Waals surface area contributed by atoms with Crippen LogP contribution in [0, 0.1) is 0 Å². The number of halogens is 2. The molecule has 0 fully saturated rings. The summed E-state index contributed by atoms with van der Waals surface area (Å²) in [6.45, 7) is 1.36. The number of aromatic amines is 1. The number of nitrogens with one attached hydrogen (secondary N) is 2. The molecule has 0 aliphatic heterocycles. The van der Waals surface area contributed by atoms with Crippen LogP contribution < -0.4 is 10.9 Å². The average molecular weight is 398 g/mol. The fraction of sp³-hybridized carbons (Fsp3) is 0.312. The van der Waals surface area contributed by atoms with Gasteiger partial charge in [-0.1, -0.05) is 29.3 Å². The second-order valence-electron chi connectivity index (χ2n) is 5.45. The normalized spacial score (nSPS) is 11.2. The standard InChI is InChI=1S/C16H17Cl2N5O3/c17-11-2-1-10(7-12(11)18)8-19-16-21-13-9-20-23(3-5-26-6-4-24)14(13)15(25)22-16/h1-2,7,9,24H,3-6,8H2,(H2,19,21,22,25). The summed E-state index contributed by atoms with van der Waals surface area (Å²) < 4.78 is 6.73. The van der Waals surface area contributed by atoms with E-state index in [1.165, 1.54) is 10.9 Å². The van der Waals surface area contributed by atoms with Crippen LogP contribution in [0.1, 0.15) is 5.56 Å². The molecule has 10 heteroatoms. The van der Waals surface area contributed by atoms with Crippen molar-refractivity contribution in [3.05, 3.63) is 50.4 Å². The molecule has 0 aliphatic carbocycles. The maximum absolute atomic E-state index is 12.4. The third-order valence-electron chi connectivity index (χ3n) is 3.63. The van der Waals surface area contributed by atoms with Crippen LogP contribution in [0.15, 0.2) is 29.2 Å². The van der Waals surface area contributed by atoms with Gasteiger partial charge in [0.05, 0.1) is 42.6 Å². The molecular formula is C16H17Cl2N5O3. The third-order valence-corrected chi connectivity index (χ3v) is 4.37. The Morgan fingerprint density at radius 1 is 1.27 bits per heavy atom. The SMILES string of the molecule is O=c1[nH]c(NCc2ccc(Cl)c(Cl)c2)nc2cnn(CCOCCO)c12. The molecule has 0 unspecified atom stereocenters. The van der Waals surface area contributed by atoms with Crippen molar-refractivity contribution in [2.45, 2.75) is 13.1 Å². The maximum Gasteiger partial charge on any atom is 0.278 e. The molecule has 0 radical (unpaired) electrons. The van der Waals surface area contributed by atoms with E-state index in [1.807, 2.05) is 6.07 Å². The van der Waals surface area contributed by atoms with E-state index in [-0.39, 0.29) is 18.8 Å². The number of rotatable bonds is 8. The Bertz CT molecular complexity index is 957. The number of H-pyrrole nitrogens is 1. The van der Waals surface area contributed by atoms with E-state index in [0.717, 1.165) is 5.56 Å². The molecule has 0 saturated carbocycles. The highest BCUT2D eigenvalue weighted by molar-refractivity contribution is 6.42. The summed E-state index contributed by atoms with van der Waals surface area (Å²) in [5.74, 6) is 0.338. The Labute approximate surface area is 158 Å². The van der Waals surface area contributed by atoms with Gasteiger partial charge >= 0.3 is 0 Å². The number of aromatic nitrogens is 4. The van der Waals surface area contributed by atoms with Crippen molar-refractivity contribution in [3.8, 4) is 0 Å². The molecule has 138 valence electrons. The van der Waals surface area contributed by atoms with E-state index in [1.54, 1.807) is 12.1 Å². The van der Waals surface area contributed by atoms with Gasteiger partial charge in [0.1, 0.15) is 5.52 Å². The first-order valence-electron chi connectivity index (χ1n) is 7.90. The number of ether oxygens (including phenoxy) is 1. The predicted octanol–water partition coefficient (Wildman–Crippen LogP) is 2.05. The highest BCUT2D eigenvalue weighted by atomic mass is 35.5. The smallest absolute Gasteiger partial charge is 0.278 e. The molecule has 0 saturated heterocycles. The largest absolute Gasteiger partial charge is 0.394 e. The number of anilines is 1. The van der Waals surface area contributed by atoms with Gasteiger partial charge in [-0.2, -0.15) is 5.10 Å². The summed E-state index contributed by atoms with van der Waals surface area (Å²) in [6, 6.07) is 5.30. The summed E-state index contributed by atoms with van der Waals surface area (Å²) in [5.41, 5.74) is 1.45. The lowest BCUT2D eigenvalue weighted by Crippen LogP contribution is -2.17. The van der Waals surface area contributed by atoms with Crippen molar-refractivity contribution in [2.24, 2.45) is 0 Å². The first-order chi connectivity index (χ1) is 12.6. The molecule has 3 rings (SSSR count). The molecular weight excluding hydrogens is 381 g/mol. The molecule has 2 heterocycles. The second-order valence-corrected chi connectivity index (χ2v) is 6.27. The number of aliphatic hydroxyl groups excluding tert-OH is 1. The summed E-state index contributed by atoms with van der Waals surface area (Å²) in [7, 11) is 0. The second kappa shape index (κ2) is 8.50. The molecule has 1 aromatic carbocycles. The lowest BCUT2D eigenvalue weighted by Gasteiger charge is -2.07. The number of benzene rings is 1. The van der Waals surface area contributed by atoms with Crippen molar-refractivity contribution < 1.29 is 9.84 Å². The maximum atomic E-state index is 12.4. The van der Waals surface area contributed by atoms with Crippen LogP contribution in [0.2, 0.25) is 10.0 Å². The van der Waals surface area contributed by atoms with Crippen molar-refractivity contribution >= 4 is 40.2 Å². The van der Waals surface area contributed by atoms with Crippen LogP contribution in [-0.4, -0.2) is 44.7 Å². The third kappa shape index (κ3) is 4.34. The van der Waals surface area contributed by atoms with Gasteiger partial charge in [-0.25, -0.2) is 4.98 Å². The Morgan fingerprint density at radius 3 is 2.88 bits per heavy atom. The Balaban J connectivity index is 1.72. The van der Waals surface area contributed by atoms with E-state index in [0.29, 0.717) is 46.7 Å². The number of nitrogens with zero attached hydrogens (tertiary/aromatic N) is 3. The molecule has 0 bridgehead atoms. The lowest BCUT2D eigenvalue weighted by molar-refractivity contribution is 0.0859. The van der Waals surface area contributed by atoms with Crippen LogP contribution in [0.4, 0.5) is 5.95 Å². The predicted molar refractivity (Wildman–Crippen MR) is 99.8 cm³/mol. The van der Waals surface area contributed by atoms with Gasteiger partial charge in [0.2, 0.25) is 5.95 Å². The van der Waals surface area contributed by atoms with Crippen LogP contribution in [0.3, 0.4) is 0 Å². The number of hydrogen-bond acceptors (Lipinski definition) is 6. The van der Waals surface area contributed by atoms with Gasteiger partial charge in [-0.15, -0.1) is 0 Å². The van der Waals surface area contributed by atoms with Gasteiger partial charge in [0.15, 0.2) is 5.52 Å². The van der Waals surface area contributed by atoms with Gasteiger partial charge < -0.3 is 15.2 Å². The van der Waals surface area contributed by atoms with Gasteiger partial charge in [0, 0.05) is 6.54 Å². The molecule has 0 spiro atoms. The van der Waals surface area contributed by atoms with Crippen molar-refractivity contribution in [1.29, 1.82) is 0 Å². The molecule has 2 aromatic heterocycles. The molecule has 3 N–H and O–H groups in total. The summed E-state index contributed by atoms with van der Waals surface area (Å²) in [5, 5.41) is 16.9. The zero-order valence-corrected chi connectivity index (χ0v) is 15.2. The summed E-state index contributed by atoms with van der Waals surface area (Å²) in [6.07, 6.45) is 1.53. The number of aliphatic hydroxyl groups is 1. The van der Waals surface area contributed by atoms with Crippen LogP contribution >= 0.6 is 23.2 Å². The van der Waals surface area contributed by atoms with E-state index in [9.17, 15) is 4.79 Å². The van der Waals surface area contributed by atoms with Gasteiger partial charge in [-0.05, 0) is 17.7 Å². The van der Waals surface area contributed by atoms with Crippen LogP contribution in [0.25, 0.3) is 11.0 Å². The van der Waals surface area contributed by atoms with E-state index in [4.69, 9.17) is 33.0 Å². The average Bonchev–Trinajstić information content (AvgIpc) is 3.03. The molecule has 0 atom stereocenters. The molecule has 3 aromatic rings. The van der Waals surface area contributed by atoms with Gasteiger partial charge in [-0.3, -0.25) is 14.5 Å². The molecule has 26 heavy (non-hydrogen) atoms. The highest BCUT2D eigenvalue weighted by Gasteiger charge is 2.10. The minimum Gasteiger partial charge on any atom is -0.394 e. The van der Waals surface area contributed by atoms with E-state index < -0.39 is 0 Å². The Hall–Kier alpha value is -2.13. The first kappa shape index (κ1) is 18.7. The van der Waals surface area contributed by atoms with E-state index >= 15 is 0 Å². The highest BCUT2D eigenvalue weighted by Crippen LogP contribution is 2.22. The number of hydrogen-bond donors (Lipinski definition) is 3. The molecule has 0 amide bonds. The van der Waals surface area contributed by atoms with Crippen molar-refractivity contribution in [3.63, 3.8) is 0 Å². The quantitative estimate of drug-likeness (QED) is 0.502. The number of fused-ring (bicyclic) bond motifs is 1. The topological polar surface area (TPSA) is 105 Å². The van der Waals surface area contributed by atoms with Crippen molar-refractivity contribution in [1.82, 2.24) is 19.7 Å². The Morgan fingerprint density at radius 2 is 2.12 bits per heavy atom. The summed E-state index contributed by atoms with van der Waals surface area (Å²) in [4.78, 5) is 19.4. The minimum absolute atomic E-state index is 0.0458. The Kier molecular flexibility index (Phi) is 6.10. The lowest BCUT2D eigenvalue weighted by atomic mass is 10.2. The van der Waals surface area contributed by atoms with E-state index in [2.05, 4.69) is 20.4 Å². The zero-order chi connectivity index (χ0) is 18.5. The van der Waals surface area contributed by atoms with Crippen molar-refractivity contribution in [2.75, 3.05) is 25.1 Å². The van der Waals surface area contributed by atoms with Crippen LogP contribution in [-0.2, 0) is 17.8 Å². The van der Waals surface area contributed by atoms with Crippen LogP contribution in [0.5, 0.6) is 0 Å². The minimum atomic E-state index is -0.300. The fourth-order valence-corrected chi connectivity index (χ4v) is 2.73. The first-order valence-corrected chi connectivity index (χ1v) is 8.66. The molecule has 0 aliphatic rings. The summed E-state index contributed by atoms with van der Waals surface area (Å²) >= 11 is 11.9. The van der Waals surface area contributed by atoms with Gasteiger partial charge in [0.25, 0.3) is 5.56 Å². The fourth-order valence-electron chi connectivity index (χ4n) is 2.41.